The summed E-state index contributed by atoms with van der Waals surface area (Å²) in [6.07, 6.45) is 1.59. The number of carbonyl (C=O) groups excluding carboxylic acids is 1. The van der Waals surface area contributed by atoms with Gasteiger partial charge in [-0.25, -0.2) is 19.3 Å². The van der Waals surface area contributed by atoms with Crippen LogP contribution in [-0.4, -0.2) is 25.5 Å². The molecule has 0 saturated heterocycles. The van der Waals surface area contributed by atoms with E-state index in [1.165, 1.54) is 19.1 Å². The number of nitriles is 1. The number of aromatic nitrogens is 4. The average Bonchev–Trinajstić information content (AvgIpc) is 3.25. The number of esters is 1. The Bertz CT molecular complexity index is 1640. The Morgan fingerprint density at radius 2 is 1.86 bits per heavy atom. The fraction of sp³-hybridized carbons (Fsp3) is 0.0741. The number of benzene rings is 2. The molecule has 2 N–H and O–H groups in total. The van der Waals surface area contributed by atoms with E-state index in [0.717, 1.165) is 11.3 Å². The van der Waals surface area contributed by atoms with Gasteiger partial charge < -0.3 is 10.5 Å². The van der Waals surface area contributed by atoms with Gasteiger partial charge in [0, 0.05) is 24.4 Å². The van der Waals surface area contributed by atoms with Gasteiger partial charge in [-0.05, 0) is 60.2 Å². The number of rotatable bonds is 5. The van der Waals surface area contributed by atoms with Gasteiger partial charge >= 0.3 is 5.97 Å². The lowest BCUT2D eigenvalue weighted by atomic mass is 10.1. The lowest BCUT2D eigenvalue weighted by Gasteiger charge is -2.12. The fourth-order valence-corrected chi connectivity index (χ4v) is 3.88. The molecule has 8 nitrogen and oxygen atoms in total. The first-order valence-electron chi connectivity index (χ1n) is 11.0. The van der Waals surface area contributed by atoms with Gasteiger partial charge in [-0.2, -0.15) is 5.26 Å². The molecular weight excluding hydrogens is 459 g/mol. The van der Waals surface area contributed by atoms with E-state index in [2.05, 4.69) is 11.1 Å². The quantitative estimate of drug-likeness (QED) is 0.360. The molecule has 0 fully saturated rings. The van der Waals surface area contributed by atoms with Crippen LogP contribution in [0, 0.1) is 17.1 Å². The number of fused-ring (bicyclic) bond motifs is 1. The molecule has 0 aliphatic carbocycles. The molecule has 9 heteroatoms. The van der Waals surface area contributed by atoms with E-state index >= 15 is 0 Å². The van der Waals surface area contributed by atoms with Crippen LogP contribution in [0.2, 0.25) is 0 Å². The van der Waals surface area contributed by atoms with E-state index in [4.69, 9.17) is 20.4 Å². The second-order valence-electron chi connectivity index (χ2n) is 8.00. The SMILES string of the molecule is CC(=O)OCc1ccc(-n2c(-c3cccnc3N)nc3cc(C#N)c(-c4ccc(F)cc4)nc32)cc1. The summed E-state index contributed by atoms with van der Waals surface area (Å²) >= 11 is 0. The third-order valence-electron chi connectivity index (χ3n) is 5.59. The van der Waals surface area contributed by atoms with Gasteiger partial charge in [-0.3, -0.25) is 9.36 Å². The molecule has 0 unspecified atom stereocenters. The molecule has 176 valence electrons. The maximum absolute atomic E-state index is 13.5. The Morgan fingerprint density at radius 1 is 1.11 bits per heavy atom. The van der Waals surface area contributed by atoms with Crippen molar-refractivity contribution >= 4 is 23.0 Å². The van der Waals surface area contributed by atoms with Gasteiger partial charge in [0.15, 0.2) is 11.5 Å². The summed E-state index contributed by atoms with van der Waals surface area (Å²) in [4.78, 5) is 24.9. The van der Waals surface area contributed by atoms with E-state index in [-0.39, 0.29) is 18.4 Å². The van der Waals surface area contributed by atoms with Gasteiger partial charge in [0.05, 0.1) is 16.8 Å². The predicted molar refractivity (Wildman–Crippen MR) is 132 cm³/mol. The number of hydrogen-bond acceptors (Lipinski definition) is 7. The maximum Gasteiger partial charge on any atom is 0.302 e. The number of nitrogens with zero attached hydrogens (tertiary/aromatic N) is 5. The standard InChI is InChI=1S/C27H19FN6O2/c1-16(35)36-15-17-4-10-21(11-5-17)34-26(22-3-2-12-31-25(22)30)32-23-13-19(14-29)24(33-27(23)34)18-6-8-20(28)9-7-18/h2-13H,15H2,1H3,(H2,30,31). The van der Waals surface area contributed by atoms with Crippen molar-refractivity contribution in [2.45, 2.75) is 13.5 Å². The van der Waals surface area contributed by atoms with Gasteiger partial charge in [0.1, 0.15) is 29.8 Å². The molecule has 0 spiro atoms. The molecule has 0 saturated carbocycles. The lowest BCUT2D eigenvalue weighted by molar-refractivity contribution is -0.142. The molecule has 0 atom stereocenters. The van der Waals surface area contributed by atoms with Crippen molar-refractivity contribution in [3.05, 3.63) is 89.9 Å². The highest BCUT2D eigenvalue weighted by molar-refractivity contribution is 5.86. The number of nitrogens with two attached hydrogens (primary N) is 1. The fourth-order valence-electron chi connectivity index (χ4n) is 3.88. The predicted octanol–water partition coefficient (Wildman–Crippen LogP) is 4.81. The normalized spacial score (nSPS) is 10.8. The zero-order valence-corrected chi connectivity index (χ0v) is 19.1. The summed E-state index contributed by atoms with van der Waals surface area (Å²) in [5.41, 5.74) is 10.6. The zero-order valence-electron chi connectivity index (χ0n) is 19.1. The summed E-state index contributed by atoms with van der Waals surface area (Å²) in [5, 5.41) is 9.80. The number of imidazole rings is 1. The molecule has 36 heavy (non-hydrogen) atoms. The van der Waals surface area contributed by atoms with Gasteiger partial charge in [0.2, 0.25) is 0 Å². The lowest BCUT2D eigenvalue weighted by Crippen LogP contribution is -2.03. The Kier molecular flexibility index (Phi) is 5.84. The number of pyridine rings is 2. The van der Waals surface area contributed by atoms with Crippen LogP contribution in [0.4, 0.5) is 10.2 Å². The molecule has 3 aromatic heterocycles. The van der Waals surface area contributed by atoms with Crippen molar-refractivity contribution in [3.63, 3.8) is 0 Å². The molecule has 0 bridgehead atoms. The van der Waals surface area contributed by atoms with E-state index in [9.17, 15) is 14.4 Å². The molecule has 0 radical (unpaired) electrons. The largest absolute Gasteiger partial charge is 0.461 e. The number of ether oxygens (including phenoxy) is 1. The number of nitrogen functional groups attached to an aromatic ring is 1. The van der Waals surface area contributed by atoms with E-state index in [0.29, 0.717) is 45.2 Å². The first-order chi connectivity index (χ1) is 17.4. The van der Waals surface area contributed by atoms with Crippen LogP contribution in [0.3, 0.4) is 0 Å². The Hall–Kier alpha value is -5.10. The minimum atomic E-state index is -0.383. The molecule has 5 rings (SSSR count). The van der Waals surface area contributed by atoms with Crippen molar-refractivity contribution in [1.82, 2.24) is 19.5 Å². The molecular formula is C27H19FN6O2. The second kappa shape index (κ2) is 9.27. The summed E-state index contributed by atoms with van der Waals surface area (Å²) in [6.45, 7) is 1.51. The molecule has 5 aromatic rings. The molecule has 0 aliphatic heterocycles. The Morgan fingerprint density at radius 3 is 2.53 bits per heavy atom. The third-order valence-corrected chi connectivity index (χ3v) is 5.59. The van der Waals surface area contributed by atoms with Crippen LogP contribution < -0.4 is 5.73 Å². The number of anilines is 1. The third kappa shape index (κ3) is 4.23. The average molecular weight is 478 g/mol. The first-order valence-corrected chi connectivity index (χ1v) is 11.0. The first kappa shape index (κ1) is 22.7. The van der Waals surface area contributed by atoms with E-state index < -0.39 is 0 Å². The topological polar surface area (TPSA) is 120 Å². The zero-order chi connectivity index (χ0) is 25.2. The summed E-state index contributed by atoms with van der Waals surface area (Å²) in [6, 6.07) is 20.6. The van der Waals surface area contributed by atoms with Crippen LogP contribution in [0.5, 0.6) is 0 Å². The van der Waals surface area contributed by atoms with Crippen LogP contribution in [0.15, 0.2) is 72.9 Å². The smallest absolute Gasteiger partial charge is 0.302 e. The van der Waals surface area contributed by atoms with Gasteiger partial charge in [0.25, 0.3) is 0 Å². The van der Waals surface area contributed by atoms with Crippen molar-refractivity contribution in [1.29, 1.82) is 5.26 Å². The highest BCUT2D eigenvalue weighted by Crippen LogP contribution is 2.33. The minimum Gasteiger partial charge on any atom is -0.461 e. The Balaban J connectivity index is 1.75. The van der Waals surface area contributed by atoms with Gasteiger partial charge in [-0.1, -0.05) is 12.1 Å². The van der Waals surface area contributed by atoms with Gasteiger partial charge in [-0.15, -0.1) is 0 Å². The van der Waals surface area contributed by atoms with Crippen molar-refractivity contribution in [2.24, 2.45) is 0 Å². The Labute approximate surface area is 205 Å². The molecule has 0 amide bonds. The van der Waals surface area contributed by atoms with Crippen molar-refractivity contribution in [2.75, 3.05) is 5.73 Å². The molecule has 0 aliphatic rings. The summed E-state index contributed by atoms with van der Waals surface area (Å²) < 4.78 is 20.4. The van der Waals surface area contributed by atoms with E-state index in [1.54, 1.807) is 36.5 Å². The van der Waals surface area contributed by atoms with Crippen LogP contribution >= 0.6 is 0 Å². The monoisotopic (exact) mass is 478 g/mol. The van der Waals surface area contributed by atoms with Crippen LogP contribution in [0.1, 0.15) is 18.1 Å². The molecule has 2 aromatic carbocycles. The van der Waals surface area contributed by atoms with Crippen LogP contribution in [-0.2, 0) is 16.1 Å². The minimum absolute atomic E-state index is 0.154. The summed E-state index contributed by atoms with van der Waals surface area (Å²) in [5.74, 6) is 0.0437. The highest BCUT2D eigenvalue weighted by Gasteiger charge is 2.20. The van der Waals surface area contributed by atoms with Crippen molar-refractivity contribution < 1.29 is 13.9 Å². The maximum atomic E-state index is 13.5. The number of halogens is 1. The molecule has 3 heterocycles. The summed E-state index contributed by atoms with van der Waals surface area (Å²) in [7, 11) is 0. The second-order valence-corrected chi connectivity index (χ2v) is 8.00. The van der Waals surface area contributed by atoms with Crippen LogP contribution in [0.25, 0.3) is 39.5 Å². The van der Waals surface area contributed by atoms with E-state index in [1.807, 2.05) is 28.8 Å². The highest BCUT2D eigenvalue weighted by atomic mass is 19.1. The number of hydrogen-bond donors (Lipinski definition) is 1. The number of carbonyl (C=O) groups is 1. The van der Waals surface area contributed by atoms with Crippen molar-refractivity contribution in [3.8, 4) is 34.4 Å².